The molecule has 1 heterocycles. The summed E-state index contributed by atoms with van der Waals surface area (Å²) in [6.07, 6.45) is 1.10. The third kappa shape index (κ3) is 1.92. The van der Waals surface area contributed by atoms with Crippen molar-refractivity contribution in [3.8, 4) is 0 Å². The minimum absolute atomic E-state index is 0.168. The van der Waals surface area contributed by atoms with Crippen molar-refractivity contribution >= 4 is 18.5 Å². The molecule has 0 saturated heterocycles. The number of nitrogens with zero attached hydrogens (tertiary/aromatic N) is 1. The van der Waals surface area contributed by atoms with Gasteiger partial charge in [-0.1, -0.05) is 18.2 Å². The van der Waals surface area contributed by atoms with Crippen LogP contribution in [0.2, 0.25) is 0 Å². The van der Waals surface area contributed by atoms with E-state index in [1.807, 2.05) is 0 Å². The number of hydrogen-bond acceptors (Lipinski definition) is 3. The van der Waals surface area contributed by atoms with Crippen LogP contribution in [0.25, 0.3) is 0 Å². The van der Waals surface area contributed by atoms with Crippen molar-refractivity contribution in [1.82, 2.24) is 4.57 Å². The molecule has 0 amide bonds. The van der Waals surface area contributed by atoms with E-state index in [-0.39, 0.29) is 17.3 Å². The Balaban J connectivity index is 2.53. The van der Waals surface area contributed by atoms with Crippen LogP contribution in [-0.4, -0.2) is 23.0 Å². The van der Waals surface area contributed by atoms with Gasteiger partial charge in [-0.3, -0.25) is 19.0 Å². The molecule has 2 aromatic rings. The smallest absolute Gasteiger partial charge is 0.263 e. The van der Waals surface area contributed by atoms with Crippen LogP contribution < -0.4 is 0 Å². The summed E-state index contributed by atoms with van der Waals surface area (Å²) in [7, 11) is 0. The lowest BCUT2D eigenvalue weighted by Crippen LogP contribution is -2.17. The SMILES string of the molecule is O=Cc1ccc(C=O)n1C(=O)c1ccccc1. The average molecular weight is 227 g/mol. The van der Waals surface area contributed by atoms with E-state index in [0.717, 1.165) is 4.57 Å². The summed E-state index contributed by atoms with van der Waals surface area (Å²) in [5.41, 5.74) is 0.761. The Hall–Kier alpha value is -2.49. The molecule has 0 aliphatic heterocycles. The van der Waals surface area contributed by atoms with Crippen LogP contribution in [0.1, 0.15) is 31.3 Å². The van der Waals surface area contributed by atoms with E-state index in [0.29, 0.717) is 18.1 Å². The van der Waals surface area contributed by atoms with E-state index in [1.54, 1.807) is 30.3 Å². The third-order valence-corrected chi connectivity index (χ3v) is 2.41. The maximum Gasteiger partial charge on any atom is 0.263 e. The second-order valence-corrected chi connectivity index (χ2v) is 3.43. The highest BCUT2D eigenvalue weighted by Gasteiger charge is 2.15. The number of aldehydes is 2. The summed E-state index contributed by atoms with van der Waals surface area (Å²) in [6.45, 7) is 0. The summed E-state index contributed by atoms with van der Waals surface area (Å²) in [6, 6.07) is 11.4. The van der Waals surface area contributed by atoms with Gasteiger partial charge in [0, 0.05) is 5.56 Å². The number of aromatic nitrogens is 1. The van der Waals surface area contributed by atoms with Crippen molar-refractivity contribution in [1.29, 1.82) is 0 Å². The molecule has 0 unspecified atom stereocenters. The molecule has 0 N–H and O–H groups in total. The zero-order chi connectivity index (χ0) is 12.3. The minimum atomic E-state index is -0.389. The quantitative estimate of drug-likeness (QED) is 0.751. The number of carbonyl (C=O) groups excluding carboxylic acids is 3. The maximum absolute atomic E-state index is 12.1. The predicted molar refractivity (Wildman–Crippen MR) is 61.4 cm³/mol. The largest absolute Gasteiger partial charge is 0.296 e. The second kappa shape index (κ2) is 4.57. The van der Waals surface area contributed by atoms with E-state index < -0.39 is 0 Å². The van der Waals surface area contributed by atoms with Gasteiger partial charge in [0.25, 0.3) is 5.91 Å². The third-order valence-electron chi connectivity index (χ3n) is 2.41. The molecule has 0 spiro atoms. The highest BCUT2D eigenvalue weighted by atomic mass is 16.2. The van der Waals surface area contributed by atoms with E-state index in [9.17, 15) is 14.4 Å². The molecule has 0 aliphatic carbocycles. The maximum atomic E-state index is 12.1. The van der Waals surface area contributed by atoms with Crippen LogP contribution in [0, 0.1) is 0 Å². The van der Waals surface area contributed by atoms with Crippen molar-refractivity contribution in [2.45, 2.75) is 0 Å². The lowest BCUT2D eigenvalue weighted by Gasteiger charge is -2.05. The molecule has 4 heteroatoms. The molecule has 4 nitrogen and oxygen atoms in total. The van der Waals surface area contributed by atoms with E-state index in [2.05, 4.69) is 0 Å². The van der Waals surface area contributed by atoms with Crippen LogP contribution in [0.15, 0.2) is 42.5 Å². The highest BCUT2D eigenvalue weighted by Crippen LogP contribution is 2.10. The fraction of sp³-hybridized carbons (Fsp3) is 0. The molecule has 0 saturated carbocycles. The molecule has 0 fully saturated rings. The molecular weight excluding hydrogens is 218 g/mol. The normalized spacial score (nSPS) is 9.88. The second-order valence-electron chi connectivity index (χ2n) is 3.43. The van der Waals surface area contributed by atoms with Crippen LogP contribution in [0.5, 0.6) is 0 Å². The van der Waals surface area contributed by atoms with Crippen molar-refractivity contribution in [2.24, 2.45) is 0 Å². The zero-order valence-electron chi connectivity index (χ0n) is 8.87. The Kier molecular flexibility index (Phi) is 2.96. The van der Waals surface area contributed by atoms with E-state index >= 15 is 0 Å². The number of hydrogen-bond donors (Lipinski definition) is 0. The van der Waals surface area contributed by atoms with Crippen molar-refractivity contribution in [3.05, 3.63) is 59.4 Å². The molecule has 2 rings (SSSR count). The summed E-state index contributed by atoms with van der Waals surface area (Å²) >= 11 is 0. The highest BCUT2D eigenvalue weighted by molar-refractivity contribution is 6.01. The van der Waals surface area contributed by atoms with Crippen molar-refractivity contribution in [2.75, 3.05) is 0 Å². The molecule has 0 atom stereocenters. The molecule has 1 aromatic heterocycles. The first kappa shape index (κ1) is 11.0. The number of rotatable bonds is 3. The summed E-state index contributed by atoms with van der Waals surface area (Å²) in [5, 5.41) is 0. The first-order chi connectivity index (χ1) is 8.27. The Bertz CT molecular complexity index is 544. The van der Waals surface area contributed by atoms with E-state index in [4.69, 9.17) is 0 Å². The Labute approximate surface area is 97.5 Å². The lowest BCUT2D eigenvalue weighted by molar-refractivity contribution is 0.0935. The molecule has 84 valence electrons. The van der Waals surface area contributed by atoms with Gasteiger partial charge in [0.2, 0.25) is 0 Å². The molecule has 1 aromatic carbocycles. The molecule has 0 radical (unpaired) electrons. The topological polar surface area (TPSA) is 56.1 Å². The number of carbonyl (C=O) groups is 3. The van der Waals surface area contributed by atoms with Gasteiger partial charge in [-0.2, -0.15) is 0 Å². The fourth-order valence-corrected chi connectivity index (χ4v) is 1.60. The summed E-state index contributed by atoms with van der Waals surface area (Å²) < 4.78 is 1.11. The van der Waals surface area contributed by atoms with Crippen LogP contribution in [0.3, 0.4) is 0 Å². The zero-order valence-corrected chi connectivity index (χ0v) is 8.87. The van der Waals surface area contributed by atoms with Crippen molar-refractivity contribution in [3.63, 3.8) is 0 Å². The summed E-state index contributed by atoms with van der Waals surface area (Å²) in [4.78, 5) is 33.7. The van der Waals surface area contributed by atoms with Gasteiger partial charge in [-0.25, -0.2) is 0 Å². The van der Waals surface area contributed by atoms with E-state index in [1.165, 1.54) is 12.1 Å². The average Bonchev–Trinajstić information content (AvgIpc) is 2.81. The predicted octanol–water partition coefficient (Wildman–Crippen LogP) is 1.80. The first-order valence-electron chi connectivity index (χ1n) is 5.00. The molecule has 0 bridgehead atoms. The van der Waals surface area contributed by atoms with Gasteiger partial charge >= 0.3 is 0 Å². The molecule has 17 heavy (non-hydrogen) atoms. The summed E-state index contributed by atoms with van der Waals surface area (Å²) in [5.74, 6) is -0.389. The lowest BCUT2D eigenvalue weighted by atomic mass is 10.2. The van der Waals surface area contributed by atoms with Gasteiger partial charge in [-0.05, 0) is 24.3 Å². The Morgan fingerprint density at radius 3 is 1.88 bits per heavy atom. The number of benzene rings is 1. The molecule has 0 aliphatic rings. The van der Waals surface area contributed by atoms with Gasteiger partial charge < -0.3 is 0 Å². The Morgan fingerprint density at radius 2 is 1.41 bits per heavy atom. The van der Waals surface area contributed by atoms with Gasteiger partial charge in [0.15, 0.2) is 12.6 Å². The molecular formula is C13H9NO3. The van der Waals surface area contributed by atoms with Gasteiger partial charge in [0.1, 0.15) is 0 Å². The van der Waals surface area contributed by atoms with Crippen LogP contribution >= 0.6 is 0 Å². The van der Waals surface area contributed by atoms with Crippen LogP contribution in [0.4, 0.5) is 0 Å². The standard InChI is InChI=1S/C13H9NO3/c15-8-11-6-7-12(9-16)14(11)13(17)10-4-2-1-3-5-10/h1-9H. The van der Waals surface area contributed by atoms with Gasteiger partial charge in [-0.15, -0.1) is 0 Å². The van der Waals surface area contributed by atoms with Crippen LogP contribution in [-0.2, 0) is 0 Å². The van der Waals surface area contributed by atoms with Crippen molar-refractivity contribution < 1.29 is 14.4 Å². The first-order valence-corrected chi connectivity index (χ1v) is 5.00. The fourth-order valence-electron chi connectivity index (χ4n) is 1.60. The minimum Gasteiger partial charge on any atom is -0.296 e. The Morgan fingerprint density at radius 1 is 0.882 bits per heavy atom. The monoisotopic (exact) mass is 227 g/mol. The van der Waals surface area contributed by atoms with Gasteiger partial charge in [0.05, 0.1) is 11.4 Å².